The number of rotatable bonds is 7. The zero-order valence-corrected chi connectivity index (χ0v) is 20.0. The summed E-state index contributed by atoms with van der Waals surface area (Å²) in [4.78, 5) is 12.2. The van der Waals surface area contributed by atoms with E-state index in [0.717, 1.165) is 12.0 Å². The Kier molecular flexibility index (Phi) is 8.95. The van der Waals surface area contributed by atoms with Crippen LogP contribution in [0.4, 0.5) is 0 Å². The van der Waals surface area contributed by atoms with Gasteiger partial charge in [-0.25, -0.2) is 15.0 Å². The molecule has 0 aliphatic rings. The molecular formula is C18H17Cl6N3O2. The van der Waals surface area contributed by atoms with Gasteiger partial charge in [0.15, 0.2) is 29.0 Å². The standard InChI is InChI=1S/C18H17Cl6N3O2/c1-3-9-29-12-7-5-11(10-13(12)28-4-2)6-8-14-25-15(17(19,20)21)27-16(26-14)18(22,23)24/h5-8,10H,3-4,9H2,1-2H3. The molecule has 0 unspecified atom stereocenters. The van der Waals surface area contributed by atoms with Gasteiger partial charge >= 0.3 is 0 Å². The molecule has 0 N–H and O–H groups in total. The van der Waals surface area contributed by atoms with Crippen molar-refractivity contribution in [2.45, 2.75) is 27.9 Å². The fourth-order valence-electron chi connectivity index (χ4n) is 2.12. The second-order valence-corrected chi connectivity index (χ2v) is 10.2. The number of ether oxygens (including phenoxy) is 2. The molecule has 0 aliphatic heterocycles. The minimum Gasteiger partial charge on any atom is -0.490 e. The van der Waals surface area contributed by atoms with Gasteiger partial charge in [-0.2, -0.15) is 0 Å². The van der Waals surface area contributed by atoms with E-state index in [0.29, 0.717) is 24.7 Å². The molecule has 1 aromatic carbocycles. The number of aromatic nitrogens is 3. The maximum Gasteiger partial charge on any atom is 0.250 e. The van der Waals surface area contributed by atoms with Crippen molar-refractivity contribution < 1.29 is 9.47 Å². The summed E-state index contributed by atoms with van der Waals surface area (Å²) in [5.74, 6) is 1.14. The van der Waals surface area contributed by atoms with Crippen molar-refractivity contribution in [3.05, 3.63) is 41.2 Å². The summed E-state index contributed by atoms with van der Waals surface area (Å²) in [5.41, 5.74) is 0.809. The molecule has 0 fully saturated rings. The topological polar surface area (TPSA) is 57.1 Å². The fourth-order valence-corrected chi connectivity index (χ4v) is 2.63. The lowest BCUT2D eigenvalue weighted by atomic mass is 10.2. The summed E-state index contributed by atoms with van der Waals surface area (Å²) in [6.07, 6.45) is 4.22. The van der Waals surface area contributed by atoms with Crippen LogP contribution in [0.3, 0.4) is 0 Å². The van der Waals surface area contributed by atoms with Gasteiger partial charge in [0.25, 0.3) is 0 Å². The molecule has 0 aliphatic carbocycles. The lowest BCUT2D eigenvalue weighted by molar-refractivity contribution is 0.277. The Balaban J connectivity index is 2.38. The van der Waals surface area contributed by atoms with E-state index >= 15 is 0 Å². The van der Waals surface area contributed by atoms with E-state index in [4.69, 9.17) is 79.1 Å². The lowest BCUT2D eigenvalue weighted by Crippen LogP contribution is -2.16. The van der Waals surface area contributed by atoms with Crippen molar-refractivity contribution in [2.24, 2.45) is 0 Å². The Morgan fingerprint density at radius 2 is 1.45 bits per heavy atom. The first-order valence-corrected chi connectivity index (χ1v) is 10.8. The summed E-state index contributed by atoms with van der Waals surface area (Å²) in [5, 5.41) is 0. The average molecular weight is 520 g/mol. The van der Waals surface area contributed by atoms with Crippen LogP contribution in [-0.2, 0) is 7.59 Å². The predicted octanol–water partition coefficient (Wildman–Crippen LogP) is 6.88. The smallest absolute Gasteiger partial charge is 0.250 e. The van der Waals surface area contributed by atoms with Crippen LogP contribution in [-0.4, -0.2) is 28.2 Å². The molecule has 5 nitrogen and oxygen atoms in total. The molecule has 0 saturated carbocycles. The third kappa shape index (κ3) is 7.50. The summed E-state index contributed by atoms with van der Waals surface area (Å²) < 4.78 is 7.53. The van der Waals surface area contributed by atoms with Crippen molar-refractivity contribution in [3.8, 4) is 11.5 Å². The van der Waals surface area contributed by atoms with Crippen LogP contribution >= 0.6 is 69.6 Å². The van der Waals surface area contributed by atoms with Crippen molar-refractivity contribution in [2.75, 3.05) is 13.2 Å². The quantitative estimate of drug-likeness (QED) is 0.373. The molecule has 2 rings (SSSR count). The van der Waals surface area contributed by atoms with Crippen LogP contribution < -0.4 is 9.47 Å². The molecule has 2 aromatic rings. The van der Waals surface area contributed by atoms with Crippen molar-refractivity contribution in [1.82, 2.24) is 15.0 Å². The van der Waals surface area contributed by atoms with Gasteiger partial charge in [-0.05, 0) is 37.1 Å². The maximum atomic E-state index is 5.88. The van der Waals surface area contributed by atoms with Crippen molar-refractivity contribution >= 4 is 81.8 Å². The zero-order chi connectivity index (χ0) is 21.7. The summed E-state index contributed by atoms with van der Waals surface area (Å²) in [6, 6.07) is 5.52. The second-order valence-electron chi connectivity index (χ2n) is 5.66. The van der Waals surface area contributed by atoms with Crippen molar-refractivity contribution in [1.29, 1.82) is 0 Å². The van der Waals surface area contributed by atoms with Crippen LogP contribution in [0.1, 0.15) is 43.3 Å². The summed E-state index contributed by atoms with van der Waals surface area (Å²) >= 11 is 35.3. The van der Waals surface area contributed by atoms with Gasteiger partial charge in [0.05, 0.1) is 13.2 Å². The van der Waals surface area contributed by atoms with Gasteiger partial charge in [0.2, 0.25) is 7.59 Å². The summed E-state index contributed by atoms with van der Waals surface area (Å²) in [7, 11) is 0. The third-order valence-electron chi connectivity index (χ3n) is 3.31. The molecule has 0 radical (unpaired) electrons. The molecule has 1 heterocycles. The Bertz CT molecular complexity index is 833. The zero-order valence-electron chi connectivity index (χ0n) is 15.4. The Hall–Kier alpha value is -0.690. The van der Waals surface area contributed by atoms with Gasteiger partial charge in [0, 0.05) is 0 Å². The molecule has 0 atom stereocenters. The highest BCUT2D eigenvalue weighted by molar-refractivity contribution is 6.67. The molecule has 29 heavy (non-hydrogen) atoms. The SMILES string of the molecule is CCCOc1ccc(C=Cc2nc(C(Cl)(Cl)Cl)nc(C(Cl)(Cl)Cl)n2)cc1OCC. The van der Waals surface area contributed by atoms with Crippen LogP contribution in [0, 0.1) is 0 Å². The number of benzene rings is 1. The van der Waals surface area contributed by atoms with Crippen molar-refractivity contribution in [3.63, 3.8) is 0 Å². The van der Waals surface area contributed by atoms with E-state index in [-0.39, 0.29) is 17.5 Å². The molecule has 0 bridgehead atoms. The first kappa shape index (κ1) is 24.6. The monoisotopic (exact) mass is 517 g/mol. The molecular weight excluding hydrogens is 503 g/mol. The number of halogens is 6. The minimum absolute atomic E-state index is 0.156. The van der Waals surface area contributed by atoms with Crippen LogP contribution in [0.15, 0.2) is 18.2 Å². The Labute approximate surface area is 199 Å². The largest absolute Gasteiger partial charge is 0.490 e. The Morgan fingerprint density at radius 3 is 1.97 bits per heavy atom. The highest BCUT2D eigenvalue weighted by Gasteiger charge is 2.33. The highest BCUT2D eigenvalue weighted by atomic mass is 35.6. The van der Waals surface area contributed by atoms with E-state index in [1.165, 1.54) is 0 Å². The lowest BCUT2D eigenvalue weighted by Gasteiger charge is -2.14. The highest BCUT2D eigenvalue weighted by Crippen LogP contribution is 2.40. The number of hydrogen-bond donors (Lipinski definition) is 0. The van der Waals surface area contributed by atoms with E-state index in [1.807, 2.05) is 32.0 Å². The third-order valence-corrected chi connectivity index (χ3v) is 4.33. The number of nitrogens with zero attached hydrogens (tertiary/aromatic N) is 3. The van der Waals surface area contributed by atoms with E-state index < -0.39 is 7.59 Å². The van der Waals surface area contributed by atoms with Crippen LogP contribution in [0.2, 0.25) is 0 Å². The molecule has 0 saturated heterocycles. The first-order chi connectivity index (χ1) is 13.5. The first-order valence-electron chi connectivity index (χ1n) is 8.52. The molecule has 1 aromatic heterocycles. The van der Waals surface area contributed by atoms with Gasteiger partial charge < -0.3 is 9.47 Å². The predicted molar refractivity (Wildman–Crippen MR) is 121 cm³/mol. The molecule has 0 spiro atoms. The van der Waals surface area contributed by atoms with E-state index in [9.17, 15) is 0 Å². The fraction of sp³-hybridized carbons (Fsp3) is 0.389. The minimum atomic E-state index is -1.91. The van der Waals surface area contributed by atoms with Gasteiger partial charge in [0.1, 0.15) is 0 Å². The molecule has 0 amide bonds. The Morgan fingerprint density at radius 1 is 0.828 bits per heavy atom. The second kappa shape index (κ2) is 10.6. The maximum absolute atomic E-state index is 5.88. The van der Waals surface area contributed by atoms with Crippen LogP contribution in [0.25, 0.3) is 12.2 Å². The average Bonchev–Trinajstić information content (AvgIpc) is 2.64. The van der Waals surface area contributed by atoms with E-state index in [1.54, 1.807) is 12.2 Å². The number of hydrogen-bond acceptors (Lipinski definition) is 5. The molecule has 11 heteroatoms. The van der Waals surface area contributed by atoms with Crippen LogP contribution in [0.5, 0.6) is 11.5 Å². The normalized spacial score (nSPS) is 12.4. The summed E-state index contributed by atoms with van der Waals surface area (Å²) in [6.45, 7) is 5.03. The van der Waals surface area contributed by atoms with E-state index in [2.05, 4.69) is 15.0 Å². The number of alkyl halides is 6. The van der Waals surface area contributed by atoms with Gasteiger partial charge in [-0.1, -0.05) is 88.7 Å². The molecule has 158 valence electrons. The van der Waals surface area contributed by atoms with Gasteiger partial charge in [-0.3, -0.25) is 0 Å². The van der Waals surface area contributed by atoms with Gasteiger partial charge in [-0.15, -0.1) is 0 Å².